The van der Waals surface area contributed by atoms with E-state index in [1.807, 2.05) is 0 Å². The summed E-state index contributed by atoms with van der Waals surface area (Å²) in [4.78, 5) is 46.4. The predicted octanol–water partition coefficient (Wildman–Crippen LogP) is -2.15. The van der Waals surface area contributed by atoms with Crippen LogP contribution in [-0.4, -0.2) is 61.3 Å². The first-order valence-corrected chi connectivity index (χ1v) is 5.65. The van der Waals surface area contributed by atoms with Crippen molar-refractivity contribution in [1.29, 1.82) is 0 Å². The van der Waals surface area contributed by atoms with Crippen LogP contribution in [0.15, 0.2) is 6.20 Å². The predicted molar refractivity (Wildman–Crippen MR) is 61.3 cm³/mol. The Morgan fingerprint density at radius 3 is 2.85 bits per heavy atom. The fourth-order valence-corrected chi connectivity index (χ4v) is 1.72. The van der Waals surface area contributed by atoms with Gasteiger partial charge in [0.1, 0.15) is 19.1 Å². The number of carbonyl (C=O) groups excluding carboxylic acids is 3. The molecule has 10 heteroatoms. The fourth-order valence-electron chi connectivity index (χ4n) is 1.72. The Kier molecular flexibility index (Phi) is 3.46. The third kappa shape index (κ3) is 2.63. The van der Waals surface area contributed by atoms with Gasteiger partial charge in [-0.05, 0) is 6.92 Å². The molecule has 106 valence electrons. The van der Waals surface area contributed by atoms with E-state index in [2.05, 4.69) is 15.6 Å². The summed E-state index contributed by atoms with van der Waals surface area (Å²) in [7, 11) is 0. The van der Waals surface area contributed by atoms with Gasteiger partial charge in [0.05, 0.1) is 6.20 Å². The summed E-state index contributed by atoms with van der Waals surface area (Å²) in [5.74, 6) is -2.95. The highest BCUT2D eigenvalue weighted by Gasteiger charge is 2.35. The Morgan fingerprint density at radius 1 is 1.50 bits per heavy atom. The van der Waals surface area contributed by atoms with Crippen LogP contribution < -0.4 is 5.32 Å². The van der Waals surface area contributed by atoms with E-state index in [0.29, 0.717) is 0 Å². The number of carboxylic acids is 1. The summed E-state index contributed by atoms with van der Waals surface area (Å²) in [5.41, 5.74) is -0.124. The molecule has 20 heavy (non-hydrogen) atoms. The molecule has 1 fully saturated rings. The number of imide groups is 1. The van der Waals surface area contributed by atoms with E-state index in [0.717, 1.165) is 15.8 Å². The number of hydrogen-bond acceptors (Lipinski definition) is 6. The topological polar surface area (TPSA) is 134 Å². The summed E-state index contributed by atoms with van der Waals surface area (Å²) in [5, 5.41) is 17.7. The van der Waals surface area contributed by atoms with Crippen LogP contribution in [0.3, 0.4) is 0 Å². The minimum atomic E-state index is -1.13. The quantitative estimate of drug-likeness (QED) is 0.603. The van der Waals surface area contributed by atoms with Gasteiger partial charge < -0.3 is 10.0 Å². The molecule has 1 atom stereocenters. The Hall–Kier alpha value is -2.78. The van der Waals surface area contributed by atoms with Crippen molar-refractivity contribution < 1.29 is 24.3 Å². The van der Waals surface area contributed by atoms with Crippen LogP contribution in [0.1, 0.15) is 17.4 Å². The molecule has 1 saturated heterocycles. The highest BCUT2D eigenvalue weighted by atomic mass is 16.4. The summed E-state index contributed by atoms with van der Waals surface area (Å²) >= 11 is 0. The number of aliphatic carboxylic acids is 1. The van der Waals surface area contributed by atoms with Crippen molar-refractivity contribution in [2.75, 3.05) is 6.54 Å². The molecule has 1 aliphatic heterocycles. The van der Waals surface area contributed by atoms with Crippen molar-refractivity contribution in [3.63, 3.8) is 0 Å². The second kappa shape index (κ2) is 5.07. The molecule has 2 rings (SSSR count). The lowest BCUT2D eigenvalue weighted by Gasteiger charge is -2.30. The Morgan fingerprint density at radius 2 is 2.20 bits per heavy atom. The van der Waals surface area contributed by atoms with Gasteiger partial charge in [0, 0.05) is 0 Å². The number of amides is 3. The lowest BCUT2D eigenvalue weighted by Crippen LogP contribution is -2.58. The average molecular weight is 281 g/mol. The van der Waals surface area contributed by atoms with Crippen molar-refractivity contribution in [3.8, 4) is 0 Å². The van der Waals surface area contributed by atoms with Gasteiger partial charge in [0.25, 0.3) is 5.91 Å². The Labute approximate surface area is 112 Å². The normalized spacial score (nSPS) is 18.9. The molecule has 1 aliphatic rings. The number of carboxylic acid groups (broad SMARTS) is 1. The first-order valence-electron chi connectivity index (χ1n) is 5.65. The maximum absolute atomic E-state index is 12.1. The molecule has 2 N–H and O–H groups in total. The fraction of sp³-hybridized carbons (Fsp3) is 0.400. The van der Waals surface area contributed by atoms with Crippen LogP contribution in [-0.2, 0) is 20.9 Å². The molecule has 10 nitrogen and oxygen atoms in total. The van der Waals surface area contributed by atoms with Crippen molar-refractivity contribution >= 4 is 23.7 Å². The SMILES string of the molecule is CC1C(=O)NC(=O)CN1C(=O)c1cn(CC(=O)O)nn1. The summed E-state index contributed by atoms with van der Waals surface area (Å²) in [6.07, 6.45) is 1.15. The number of nitrogens with one attached hydrogen (secondary N) is 1. The van der Waals surface area contributed by atoms with Crippen LogP contribution in [0.2, 0.25) is 0 Å². The van der Waals surface area contributed by atoms with Gasteiger partial charge >= 0.3 is 5.97 Å². The van der Waals surface area contributed by atoms with Crippen molar-refractivity contribution in [3.05, 3.63) is 11.9 Å². The monoisotopic (exact) mass is 281 g/mol. The van der Waals surface area contributed by atoms with Crippen molar-refractivity contribution in [2.45, 2.75) is 19.5 Å². The smallest absolute Gasteiger partial charge is 0.325 e. The van der Waals surface area contributed by atoms with Crippen LogP contribution in [0.5, 0.6) is 0 Å². The van der Waals surface area contributed by atoms with E-state index < -0.39 is 36.3 Å². The van der Waals surface area contributed by atoms with Crippen LogP contribution in [0, 0.1) is 0 Å². The standard InChI is InChI=1S/C10H11N5O5/c1-5-9(19)11-7(16)3-15(5)10(20)6-2-14(13-12-6)4-8(17)18/h2,5H,3-4H2,1H3,(H,17,18)(H,11,16,19). The number of rotatable bonds is 3. The lowest BCUT2D eigenvalue weighted by molar-refractivity contribution is -0.139. The molecule has 0 saturated carbocycles. The Balaban J connectivity index is 2.17. The van der Waals surface area contributed by atoms with Gasteiger partial charge in [0.2, 0.25) is 11.8 Å². The third-order valence-corrected chi connectivity index (χ3v) is 2.74. The first kappa shape index (κ1) is 13.6. The number of aromatic nitrogens is 3. The molecule has 3 amide bonds. The zero-order valence-electron chi connectivity index (χ0n) is 10.4. The van der Waals surface area contributed by atoms with E-state index >= 15 is 0 Å². The van der Waals surface area contributed by atoms with Gasteiger partial charge in [0.15, 0.2) is 5.69 Å². The van der Waals surface area contributed by atoms with Crippen LogP contribution in [0.4, 0.5) is 0 Å². The molecular weight excluding hydrogens is 270 g/mol. The van der Waals surface area contributed by atoms with Gasteiger partial charge in [-0.3, -0.25) is 24.5 Å². The maximum Gasteiger partial charge on any atom is 0.325 e. The third-order valence-electron chi connectivity index (χ3n) is 2.74. The van der Waals surface area contributed by atoms with Crippen LogP contribution >= 0.6 is 0 Å². The molecule has 2 heterocycles. The molecule has 0 aliphatic carbocycles. The van der Waals surface area contributed by atoms with E-state index in [9.17, 15) is 19.2 Å². The number of nitrogens with zero attached hydrogens (tertiary/aromatic N) is 4. The Bertz CT molecular complexity index is 595. The lowest BCUT2D eigenvalue weighted by atomic mass is 10.2. The van der Waals surface area contributed by atoms with Crippen molar-refractivity contribution in [1.82, 2.24) is 25.2 Å². The molecule has 0 bridgehead atoms. The molecule has 1 aromatic heterocycles. The van der Waals surface area contributed by atoms with Crippen LogP contribution in [0.25, 0.3) is 0 Å². The van der Waals surface area contributed by atoms with Gasteiger partial charge in [-0.25, -0.2) is 4.68 Å². The highest BCUT2D eigenvalue weighted by molar-refractivity contribution is 6.06. The summed E-state index contributed by atoms with van der Waals surface area (Å²) in [6.45, 7) is 0.772. The van der Waals surface area contributed by atoms with Gasteiger partial charge in [-0.2, -0.15) is 0 Å². The highest BCUT2D eigenvalue weighted by Crippen LogP contribution is 2.09. The molecular formula is C10H11N5O5. The minimum absolute atomic E-state index is 0.124. The zero-order valence-corrected chi connectivity index (χ0v) is 10.4. The minimum Gasteiger partial charge on any atom is -0.480 e. The number of hydrogen-bond donors (Lipinski definition) is 2. The van der Waals surface area contributed by atoms with E-state index in [1.165, 1.54) is 6.92 Å². The van der Waals surface area contributed by atoms with Gasteiger partial charge in [-0.15, -0.1) is 5.10 Å². The largest absolute Gasteiger partial charge is 0.480 e. The molecule has 0 spiro atoms. The first-order chi connectivity index (χ1) is 9.38. The van der Waals surface area contributed by atoms with E-state index in [1.54, 1.807) is 0 Å². The molecule has 0 radical (unpaired) electrons. The zero-order chi connectivity index (χ0) is 14.9. The number of piperazine rings is 1. The van der Waals surface area contributed by atoms with Gasteiger partial charge in [-0.1, -0.05) is 5.21 Å². The molecule has 1 unspecified atom stereocenters. The molecule has 1 aromatic rings. The summed E-state index contributed by atoms with van der Waals surface area (Å²) in [6, 6.07) is -0.815. The number of carbonyl (C=O) groups is 4. The van der Waals surface area contributed by atoms with Crippen molar-refractivity contribution in [2.24, 2.45) is 0 Å². The second-order valence-electron chi connectivity index (χ2n) is 4.22. The van der Waals surface area contributed by atoms with E-state index in [-0.39, 0.29) is 12.2 Å². The summed E-state index contributed by atoms with van der Waals surface area (Å²) < 4.78 is 0.978. The molecule has 0 aromatic carbocycles. The van der Waals surface area contributed by atoms with E-state index in [4.69, 9.17) is 5.11 Å². The second-order valence-corrected chi connectivity index (χ2v) is 4.22. The average Bonchev–Trinajstić information content (AvgIpc) is 2.80. The maximum atomic E-state index is 12.1.